The summed E-state index contributed by atoms with van der Waals surface area (Å²) in [6, 6.07) is 5.79. The highest BCUT2D eigenvalue weighted by Gasteiger charge is 2.37. The molecule has 1 aromatic rings. The minimum Gasteiger partial charge on any atom is -0.536 e. The summed E-state index contributed by atoms with van der Waals surface area (Å²) >= 11 is 0. The van der Waals surface area contributed by atoms with Gasteiger partial charge in [-0.25, -0.2) is 0 Å². The first kappa shape index (κ1) is 14.6. The summed E-state index contributed by atoms with van der Waals surface area (Å²) in [6.45, 7) is 3.67. The number of aryl methyl sites for hydroxylation is 1. The summed E-state index contributed by atoms with van der Waals surface area (Å²) in [6.07, 6.45) is 1.06. The van der Waals surface area contributed by atoms with Crippen molar-refractivity contribution >= 4 is 18.6 Å². The Morgan fingerprint density at radius 2 is 2.30 bits per heavy atom. The van der Waals surface area contributed by atoms with Crippen molar-refractivity contribution in [3.8, 4) is 5.75 Å². The van der Waals surface area contributed by atoms with Crippen LogP contribution in [-0.4, -0.2) is 28.8 Å². The Morgan fingerprint density at radius 1 is 1.55 bits per heavy atom. The lowest BCUT2D eigenvalue weighted by Crippen LogP contribution is -2.36. The molecule has 1 atom stereocenters. The summed E-state index contributed by atoms with van der Waals surface area (Å²) < 4.78 is 5.52. The molecule has 0 radical (unpaired) electrons. The fourth-order valence-corrected chi connectivity index (χ4v) is 2.50. The largest absolute Gasteiger partial charge is 0.536 e. The number of carbonyl (C=O) groups is 1. The van der Waals surface area contributed by atoms with Crippen LogP contribution >= 0.6 is 0 Å². The monoisotopic (exact) mass is 275 g/mol. The Morgan fingerprint density at radius 3 is 2.95 bits per heavy atom. The van der Waals surface area contributed by atoms with Gasteiger partial charge < -0.3 is 14.9 Å². The average Bonchev–Trinajstić information content (AvgIpc) is 2.42. The van der Waals surface area contributed by atoms with Gasteiger partial charge in [0.15, 0.2) is 5.78 Å². The van der Waals surface area contributed by atoms with Gasteiger partial charge in [0.05, 0.1) is 0 Å². The fraction of sp³-hybridized carbons (Fsp3) is 0.429. The Kier molecular flexibility index (Phi) is 4.44. The highest BCUT2D eigenvalue weighted by molar-refractivity contribution is 6.49. The number of fused-ring (bicyclic) bond motifs is 1. The van der Waals surface area contributed by atoms with Crippen molar-refractivity contribution in [3.63, 3.8) is 0 Å². The molecule has 2 N–H and O–H groups in total. The van der Waals surface area contributed by atoms with E-state index in [-0.39, 0.29) is 23.7 Å². The number of carbonyl (C=O) groups excluding carboxylic acids is 1. The Labute approximate surface area is 118 Å². The highest BCUT2D eigenvalue weighted by Crippen LogP contribution is 2.35. The maximum absolute atomic E-state index is 11.9. The molecule has 0 aliphatic carbocycles. The van der Waals surface area contributed by atoms with E-state index in [9.17, 15) is 9.82 Å². The standard InChI is InChI=1S/C14H18BNO4/c1-3-12(16-19)13(17)8-11-7-10-6-4-5-9(2)14(10)20-15(11)18/h4-6,11,18-19H,3,7-8H2,1-2H3/b16-12-/t11-/m1/s1. The highest BCUT2D eigenvalue weighted by atomic mass is 16.5. The van der Waals surface area contributed by atoms with E-state index < -0.39 is 7.12 Å². The molecule has 0 saturated heterocycles. The van der Waals surface area contributed by atoms with Gasteiger partial charge in [0.2, 0.25) is 0 Å². The van der Waals surface area contributed by atoms with Gasteiger partial charge in [0.1, 0.15) is 11.5 Å². The maximum atomic E-state index is 11.9. The van der Waals surface area contributed by atoms with Crippen LogP contribution in [0.5, 0.6) is 5.75 Å². The molecule has 0 amide bonds. The first-order valence-corrected chi connectivity index (χ1v) is 6.74. The number of Topliss-reactive ketones (excluding diaryl/α,β-unsaturated/α-hetero) is 1. The van der Waals surface area contributed by atoms with Crippen molar-refractivity contribution in [1.29, 1.82) is 0 Å². The molecule has 0 spiro atoms. The summed E-state index contributed by atoms with van der Waals surface area (Å²) in [5, 5.41) is 21.8. The molecule has 20 heavy (non-hydrogen) atoms. The van der Waals surface area contributed by atoms with E-state index in [1.54, 1.807) is 6.92 Å². The number of rotatable bonds is 4. The summed E-state index contributed by atoms with van der Waals surface area (Å²) in [5.74, 6) is 0.133. The van der Waals surface area contributed by atoms with Crippen LogP contribution < -0.4 is 4.65 Å². The predicted molar refractivity (Wildman–Crippen MR) is 76.4 cm³/mol. The molecule has 1 aliphatic heterocycles. The van der Waals surface area contributed by atoms with Gasteiger partial charge in [-0.3, -0.25) is 4.79 Å². The van der Waals surface area contributed by atoms with Gasteiger partial charge >= 0.3 is 7.12 Å². The number of nitrogens with zero attached hydrogens (tertiary/aromatic N) is 1. The van der Waals surface area contributed by atoms with Crippen LogP contribution in [0, 0.1) is 6.92 Å². The molecule has 0 saturated carbocycles. The molecular formula is C14H18BNO4. The third-order valence-electron chi connectivity index (χ3n) is 3.64. The van der Waals surface area contributed by atoms with Gasteiger partial charge in [-0.1, -0.05) is 30.3 Å². The quantitative estimate of drug-likeness (QED) is 0.381. The SMILES string of the molecule is CC/C(=N/O)C(=O)C[C@H]1Cc2cccc(C)c2OB1O. The molecule has 0 aromatic heterocycles. The Bertz CT molecular complexity index is 544. The van der Waals surface area contributed by atoms with Crippen molar-refractivity contribution in [3.05, 3.63) is 29.3 Å². The van der Waals surface area contributed by atoms with E-state index in [0.717, 1.165) is 11.1 Å². The minimum absolute atomic E-state index is 0.113. The van der Waals surface area contributed by atoms with E-state index in [4.69, 9.17) is 9.86 Å². The van der Waals surface area contributed by atoms with E-state index in [0.29, 0.717) is 18.6 Å². The molecular weight excluding hydrogens is 257 g/mol. The summed E-state index contributed by atoms with van der Waals surface area (Å²) in [4.78, 5) is 11.9. The maximum Gasteiger partial charge on any atom is 0.526 e. The normalized spacial score (nSPS) is 18.4. The topological polar surface area (TPSA) is 79.1 Å². The number of ketones is 1. The van der Waals surface area contributed by atoms with Crippen molar-refractivity contribution in [2.24, 2.45) is 5.16 Å². The molecule has 0 unspecified atom stereocenters. The van der Waals surface area contributed by atoms with Gasteiger partial charge in [-0.2, -0.15) is 0 Å². The van der Waals surface area contributed by atoms with Crippen LogP contribution in [0.2, 0.25) is 5.82 Å². The van der Waals surface area contributed by atoms with Crippen LogP contribution in [0.3, 0.4) is 0 Å². The zero-order valence-corrected chi connectivity index (χ0v) is 11.7. The zero-order chi connectivity index (χ0) is 14.7. The van der Waals surface area contributed by atoms with Gasteiger partial charge in [-0.15, -0.1) is 0 Å². The molecule has 1 aliphatic rings. The van der Waals surface area contributed by atoms with Crippen molar-refractivity contribution < 1.29 is 19.7 Å². The molecule has 5 nitrogen and oxygen atoms in total. The van der Waals surface area contributed by atoms with Crippen LogP contribution in [0.15, 0.2) is 23.4 Å². The van der Waals surface area contributed by atoms with Crippen molar-refractivity contribution in [2.75, 3.05) is 0 Å². The van der Waals surface area contributed by atoms with E-state index in [1.807, 2.05) is 25.1 Å². The van der Waals surface area contributed by atoms with Gasteiger partial charge in [0, 0.05) is 12.2 Å². The van der Waals surface area contributed by atoms with E-state index in [1.165, 1.54) is 0 Å². The average molecular weight is 275 g/mol. The second-order valence-corrected chi connectivity index (χ2v) is 5.06. The fourth-order valence-electron chi connectivity index (χ4n) is 2.50. The number of hydrogen-bond donors (Lipinski definition) is 2. The molecule has 0 bridgehead atoms. The molecule has 6 heteroatoms. The third kappa shape index (κ3) is 2.85. The molecule has 2 rings (SSSR count). The molecule has 106 valence electrons. The van der Waals surface area contributed by atoms with Crippen LogP contribution in [-0.2, 0) is 11.2 Å². The van der Waals surface area contributed by atoms with E-state index >= 15 is 0 Å². The van der Waals surface area contributed by atoms with Crippen LogP contribution in [0.1, 0.15) is 30.9 Å². The summed E-state index contributed by atoms with van der Waals surface area (Å²) in [7, 11) is -1.01. The number of benzene rings is 1. The molecule has 1 heterocycles. The Hall–Kier alpha value is -1.82. The second kappa shape index (κ2) is 6.09. The second-order valence-electron chi connectivity index (χ2n) is 5.06. The van der Waals surface area contributed by atoms with Crippen LogP contribution in [0.4, 0.5) is 0 Å². The van der Waals surface area contributed by atoms with Crippen molar-refractivity contribution in [2.45, 2.75) is 38.9 Å². The van der Waals surface area contributed by atoms with E-state index in [2.05, 4.69) is 5.16 Å². The first-order chi connectivity index (χ1) is 9.56. The smallest absolute Gasteiger partial charge is 0.526 e. The van der Waals surface area contributed by atoms with Crippen LogP contribution in [0.25, 0.3) is 0 Å². The zero-order valence-electron chi connectivity index (χ0n) is 11.7. The Balaban J connectivity index is 2.14. The lowest BCUT2D eigenvalue weighted by atomic mass is 9.64. The molecule has 1 aromatic carbocycles. The van der Waals surface area contributed by atoms with Crippen molar-refractivity contribution in [1.82, 2.24) is 0 Å². The van der Waals surface area contributed by atoms with Gasteiger partial charge in [-0.05, 0) is 30.9 Å². The van der Waals surface area contributed by atoms with Gasteiger partial charge in [0.25, 0.3) is 0 Å². The third-order valence-corrected chi connectivity index (χ3v) is 3.64. The number of hydrogen-bond acceptors (Lipinski definition) is 5. The number of para-hydroxylation sites is 1. The lowest BCUT2D eigenvalue weighted by Gasteiger charge is -2.28. The minimum atomic E-state index is -1.01. The molecule has 0 fully saturated rings. The number of oxime groups is 1. The predicted octanol–water partition coefficient (Wildman–Crippen LogP) is 1.98. The lowest BCUT2D eigenvalue weighted by molar-refractivity contribution is -0.113. The first-order valence-electron chi connectivity index (χ1n) is 6.74. The summed E-state index contributed by atoms with van der Waals surface area (Å²) in [5.41, 5.74) is 2.09.